The third-order valence-corrected chi connectivity index (χ3v) is 7.20. The van der Waals surface area contributed by atoms with E-state index in [1.54, 1.807) is 6.92 Å². The van der Waals surface area contributed by atoms with Crippen molar-refractivity contribution in [2.24, 2.45) is 0 Å². The summed E-state index contributed by atoms with van der Waals surface area (Å²) in [6, 6.07) is 3.84. The molecule has 0 saturated heterocycles. The predicted molar refractivity (Wildman–Crippen MR) is 122 cm³/mol. The Hall–Kier alpha value is -3.16. The van der Waals surface area contributed by atoms with Crippen molar-refractivity contribution < 1.29 is 13.9 Å². The van der Waals surface area contributed by atoms with Crippen molar-refractivity contribution in [1.82, 2.24) is 19.7 Å². The first-order valence-electron chi connectivity index (χ1n) is 12.0. The second-order valence-electron chi connectivity index (χ2n) is 9.48. The molecule has 3 aliphatic rings. The highest BCUT2D eigenvalue weighted by Crippen LogP contribution is 2.38. The van der Waals surface area contributed by atoms with Gasteiger partial charge in [0.2, 0.25) is 0 Å². The van der Waals surface area contributed by atoms with Crippen molar-refractivity contribution in [2.45, 2.75) is 70.9 Å². The zero-order valence-corrected chi connectivity index (χ0v) is 19.1. The highest BCUT2D eigenvalue weighted by Gasteiger charge is 2.31. The van der Waals surface area contributed by atoms with Crippen LogP contribution in [-0.2, 0) is 30.6 Å². The third-order valence-electron chi connectivity index (χ3n) is 7.20. The second-order valence-corrected chi connectivity index (χ2v) is 9.48. The molecule has 0 spiro atoms. The van der Waals surface area contributed by atoms with Crippen molar-refractivity contribution in [1.29, 1.82) is 0 Å². The Morgan fingerprint density at radius 3 is 2.79 bits per heavy atom. The summed E-state index contributed by atoms with van der Waals surface area (Å²) in [5.41, 5.74) is 2.97. The Balaban J connectivity index is 1.18. The van der Waals surface area contributed by atoms with E-state index in [-0.39, 0.29) is 11.5 Å². The molecule has 1 amide bonds. The first-order chi connectivity index (χ1) is 16.0. The topological polar surface area (TPSA) is 90.5 Å². The molecule has 2 aromatic heterocycles. The fourth-order valence-corrected chi connectivity index (χ4v) is 5.14. The average Bonchev–Trinajstić information content (AvgIpc) is 3.45. The normalized spacial score (nSPS) is 18.7. The lowest BCUT2D eigenvalue weighted by Gasteiger charge is -2.25. The number of aryl methyl sites for hydroxylation is 2. The summed E-state index contributed by atoms with van der Waals surface area (Å²) in [6.07, 6.45) is 5.08. The van der Waals surface area contributed by atoms with E-state index in [1.807, 2.05) is 28.6 Å². The van der Waals surface area contributed by atoms with E-state index in [4.69, 9.17) is 14.1 Å². The highest BCUT2D eigenvalue weighted by atomic mass is 16.5. The number of fused-ring (bicyclic) bond motifs is 4. The summed E-state index contributed by atoms with van der Waals surface area (Å²) >= 11 is 0. The van der Waals surface area contributed by atoms with Gasteiger partial charge in [0.05, 0.1) is 6.54 Å². The Morgan fingerprint density at radius 2 is 1.97 bits per heavy atom. The molecule has 1 unspecified atom stereocenters. The number of rotatable bonds is 4. The first kappa shape index (κ1) is 20.4. The van der Waals surface area contributed by atoms with Gasteiger partial charge in [0, 0.05) is 41.9 Å². The number of ether oxygens (including phenoxy) is 1. The van der Waals surface area contributed by atoms with Crippen LogP contribution < -0.4 is 10.4 Å². The predicted octanol–water partition coefficient (Wildman–Crippen LogP) is 2.91. The van der Waals surface area contributed by atoms with Gasteiger partial charge in [0.25, 0.3) is 5.91 Å². The van der Waals surface area contributed by atoms with Crippen molar-refractivity contribution >= 4 is 16.9 Å². The molecule has 1 aliphatic heterocycles. The molecule has 3 heterocycles. The van der Waals surface area contributed by atoms with Crippen LogP contribution in [0.1, 0.15) is 60.4 Å². The maximum atomic E-state index is 13.2. The Labute approximate surface area is 191 Å². The number of nitrogens with zero attached hydrogens (tertiary/aromatic N) is 4. The van der Waals surface area contributed by atoms with E-state index in [0.29, 0.717) is 43.3 Å². The molecule has 8 nitrogen and oxygen atoms in total. The van der Waals surface area contributed by atoms with Gasteiger partial charge in [0.1, 0.15) is 17.2 Å². The molecular weight excluding hydrogens is 420 g/mol. The lowest BCUT2D eigenvalue weighted by atomic mass is 10.0. The van der Waals surface area contributed by atoms with Crippen LogP contribution in [0.25, 0.3) is 11.0 Å². The third kappa shape index (κ3) is 3.52. The van der Waals surface area contributed by atoms with Gasteiger partial charge in [-0.3, -0.25) is 4.79 Å². The van der Waals surface area contributed by atoms with Gasteiger partial charge in [0.15, 0.2) is 11.9 Å². The van der Waals surface area contributed by atoms with Gasteiger partial charge in [-0.2, -0.15) is 5.10 Å². The van der Waals surface area contributed by atoms with Gasteiger partial charge < -0.3 is 14.1 Å². The molecule has 172 valence electrons. The quantitative estimate of drug-likeness (QED) is 0.570. The van der Waals surface area contributed by atoms with Crippen LogP contribution >= 0.6 is 0 Å². The lowest BCUT2D eigenvalue weighted by molar-refractivity contribution is -0.138. The molecule has 3 aromatic rings. The monoisotopic (exact) mass is 448 g/mol. The Bertz CT molecular complexity index is 1290. The maximum absolute atomic E-state index is 13.2. The molecule has 6 rings (SSSR count). The van der Waals surface area contributed by atoms with Crippen LogP contribution in [0.3, 0.4) is 0 Å². The summed E-state index contributed by atoms with van der Waals surface area (Å²) in [4.78, 5) is 32.1. The largest absolute Gasteiger partial charge is 0.480 e. The van der Waals surface area contributed by atoms with E-state index in [9.17, 15) is 9.59 Å². The van der Waals surface area contributed by atoms with Gasteiger partial charge in [-0.15, -0.1) is 0 Å². The molecule has 2 aliphatic carbocycles. The van der Waals surface area contributed by atoms with Crippen LogP contribution in [-0.4, -0.2) is 44.8 Å². The number of carbonyl (C=O) groups is 1. The molecule has 0 radical (unpaired) electrons. The number of aromatic nitrogens is 3. The van der Waals surface area contributed by atoms with Gasteiger partial charge in [-0.25, -0.2) is 14.5 Å². The SMILES string of the molecule is Cc1c(OC(C)C(=O)N2CCc3nc(C4CC4)nn3CC2)ccc2c3c(c(=O)oc12)CCC3. The van der Waals surface area contributed by atoms with Gasteiger partial charge in [-0.1, -0.05) is 0 Å². The van der Waals surface area contributed by atoms with Crippen LogP contribution in [0, 0.1) is 6.92 Å². The van der Waals surface area contributed by atoms with E-state index >= 15 is 0 Å². The molecule has 1 saturated carbocycles. The minimum Gasteiger partial charge on any atom is -0.480 e. The number of benzene rings is 1. The second kappa shape index (κ2) is 7.71. The van der Waals surface area contributed by atoms with Crippen molar-refractivity contribution in [3.8, 4) is 5.75 Å². The molecule has 0 bridgehead atoms. The van der Waals surface area contributed by atoms with Gasteiger partial charge >= 0.3 is 5.63 Å². The lowest BCUT2D eigenvalue weighted by Crippen LogP contribution is -2.42. The molecular formula is C25H28N4O4. The summed E-state index contributed by atoms with van der Waals surface area (Å²) in [6.45, 7) is 5.50. The van der Waals surface area contributed by atoms with Crippen molar-refractivity contribution in [2.75, 3.05) is 13.1 Å². The van der Waals surface area contributed by atoms with Crippen molar-refractivity contribution in [3.63, 3.8) is 0 Å². The highest BCUT2D eigenvalue weighted by molar-refractivity contribution is 5.86. The minimum absolute atomic E-state index is 0.0573. The van der Waals surface area contributed by atoms with Crippen LogP contribution in [0.4, 0.5) is 0 Å². The summed E-state index contributed by atoms with van der Waals surface area (Å²) in [5.74, 6) is 2.98. The van der Waals surface area contributed by atoms with E-state index in [2.05, 4.69) is 5.10 Å². The maximum Gasteiger partial charge on any atom is 0.339 e. The number of amides is 1. The van der Waals surface area contributed by atoms with Crippen LogP contribution in [0.5, 0.6) is 5.75 Å². The standard InChI is InChI=1S/C25H28N4O4/c1-14-20(9-8-18-17-4-3-5-19(17)25(31)33-22(14)18)32-15(2)24(30)28-11-10-21-26-23(16-6-7-16)27-29(21)13-12-28/h8-9,15-16H,3-7,10-13H2,1-2H3. The molecule has 1 aromatic carbocycles. The average molecular weight is 449 g/mol. The smallest absolute Gasteiger partial charge is 0.339 e. The number of hydrogen-bond acceptors (Lipinski definition) is 6. The fourth-order valence-electron chi connectivity index (χ4n) is 5.14. The molecule has 1 atom stereocenters. The summed E-state index contributed by atoms with van der Waals surface area (Å²) in [7, 11) is 0. The van der Waals surface area contributed by atoms with E-state index in [0.717, 1.165) is 53.0 Å². The Kier molecular flexibility index (Phi) is 4.78. The van der Waals surface area contributed by atoms with Crippen LogP contribution in [0.15, 0.2) is 21.3 Å². The van der Waals surface area contributed by atoms with Crippen molar-refractivity contribution in [3.05, 3.63) is 50.9 Å². The summed E-state index contributed by atoms with van der Waals surface area (Å²) < 4.78 is 13.7. The van der Waals surface area contributed by atoms with Gasteiger partial charge in [-0.05, 0) is 63.6 Å². The number of hydrogen-bond donors (Lipinski definition) is 0. The molecule has 33 heavy (non-hydrogen) atoms. The molecule has 1 fully saturated rings. The van der Waals surface area contributed by atoms with E-state index in [1.165, 1.54) is 12.8 Å². The first-order valence-corrected chi connectivity index (χ1v) is 12.0. The number of carbonyl (C=O) groups excluding carboxylic acids is 1. The fraction of sp³-hybridized carbons (Fsp3) is 0.520. The minimum atomic E-state index is -0.650. The Morgan fingerprint density at radius 1 is 1.15 bits per heavy atom. The molecule has 8 heteroatoms. The molecule has 0 N–H and O–H groups in total. The van der Waals surface area contributed by atoms with Crippen LogP contribution in [0.2, 0.25) is 0 Å². The zero-order valence-electron chi connectivity index (χ0n) is 19.1. The summed E-state index contributed by atoms with van der Waals surface area (Å²) in [5, 5.41) is 5.63. The van der Waals surface area contributed by atoms with E-state index < -0.39 is 6.10 Å². The zero-order chi connectivity index (χ0) is 22.7.